The molecular weight excluding hydrogens is 781 g/mol. The van der Waals surface area contributed by atoms with E-state index in [0.717, 1.165) is 22.2 Å². The minimum Gasteiger partial charge on any atom is -0.399 e. The van der Waals surface area contributed by atoms with Gasteiger partial charge in [-0.1, -0.05) is 0 Å². The fourth-order valence-corrected chi connectivity index (χ4v) is 6.72. The molecule has 0 aliphatic carbocycles. The molecule has 0 fully saturated rings. The number of aromatic amines is 2. The number of carbonyl (C=O) groups excluding carboxylic acids is 4. The van der Waals surface area contributed by atoms with Crippen molar-refractivity contribution in [2.45, 2.75) is 0 Å². The van der Waals surface area contributed by atoms with Crippen LogP contribution in [-0.2, 0) is 0 Å². The van der Waals surface area contributed by atoms with Crippen molar-refractivity contribution in [2.24, 2.45) is 0 Å². The highest BCUT2D eigenvalue weighted by atomic mass is 16.2. The van der Waals surface area contributed by atoms with Gasteiger partial charge in [-0.05, 0) is 158 Å². The fourth-order valence-electron chi connectivity index (χ4n) is 6.72. The smallest absolute Gasteiger partial charge is 0.255 e. The quantitative estimate of drug-likeness (QED) is 0.0620. The summed E-state index contributed by atoms with van der Waals surface area (Å²) in [4.78, 5) is 68.0. The Morgan fingerprint density at radius 1 is 0.371 bits per heavy atom. The summed E-state index contributed by atoms with van der Waals surface area (Å²) < 4.78 is 0. The zero-order chi connectivity index (χ0) is 42.7. The summed E-state index contributed by atoms with van der Waals surface area (Å²) in [5, 5.41) is 11.4. The molecule has 0 aliphatic rings. The third-order valence-electron chi connectivity index (χ3n) is 10.1. The van der Waals surface area contributed by atoms with Crippen LogP contribution in [0.15, 0.2) is 158 Å². The molecule has 9 rings (SSSR count). The Morgan fingerprint density at radius 2 is 0.661 bits per heavy atom. The minimum absolute atomic E-state index is 0.338. The number of hydrogen-bond acceptors (Lipinski definition) is 8. The number of H-pyrrole nitrogens is 2. The molecule has 2 aromatic heterocycles. The highest BCUT2D eigenvalue weighted by molar-refractivity contribution is 6.09. The number of aromatic nitrogens is 4. The lowest BCUT2D eigenvalue weighted by Crippen LogP contribution is -2.15. The van der Waals surface area contributed by atoms with E-state index in [1.54, 1.807) is 97.1 Å². The highest BCUT2D eigenvalue weighted by Gasteiger charge is 2.14. The van der Waals surface area contributed by atoms with Crippen LogP contribution in [0.5, 0.6) is 0 Å². The van der Waals surface area contributed by atoms with Gasteiger partial charge < -0.3 is 42.7 Å². The van der Waals surface area contributed by atoms with Gasteiger partial charge in [0.25, 0.3) is 23.6 Å². The second-order valence-corrected chi connectivity index (χ2v) is 14.4. The van der Waals surface area contributed by atoms with Gasteiger partial charge in [-0.15, -0.1) is 0 Å². The number of nitrogens with zero attached hydrogens (tertiary/aromatic N) is 2. The first-order valence-electron chi connectivity index (χ1n) is 19.4. The Bertz CT molecular complexity index is 2930. The number of nitrogens with two attached hydrogens (primary N) is 2. The van der Waals surface area contributed by atoms with Crippen molar-refractivity contribution < 1.29 is 19.2 Å². The second-order valence-electron chi connectivity index (χ2n) is 14.4. The third kappa shape index (κ3) is 8.41. The number of amides is 4. The maximum Gasteiger partial charge on any atom is 0.255 e. The monoisotopic (exact) mass is 816 g/mol. The number of nitrogen functional groups attached to an aromatic ring is 2. The largest absolute Gasteiger partial charge is 0.399 e. The molecule has 62 heavy (non-hydrogen) atoms. The van der Waals surface area contributed by atoms with Crippen molar-refractivity contribution >= 4 is 79.8 Å². The molecule has 10 N–H and O–H groups in total. The number of nitrogens with one attached hydrogen (secondary N) is 6. The van der Waals surface area contributed by atoms with Crippen LogP contribution in [0.1, 0.15) is 41.4 Å². The van der Waals surface area contributed by atoms with Crippen LogP contribution in [0.2, 0.25) is 0 Å². The van der Waals surface area contributed by atoms with Gasteiger partial charge in [0.05, 0.1) is 22.1 Å². The van der Waals surface area contributed by atoms with E-state index in [0.29, 0.717) is 79.1 Å². The van der Waals surface area contributed by atoms with Crippen molar-refractivity contribution in [2.75, 3.05) is 32.7 Å². The predicted molar refractivity (Wildman–Crippen MR) is 243 cm³/mol. The van der Waals surface area contributed by atoms with E-state index >= 15 is 0 Å². The normalized spacial score (nSPS) is 11.0. The van der Waals surface area contributed by atoms with Gasteiger partial charge in [-0.2, -0.15) is 0 Å². The summed E-state index contributed by atoms with van der Waals surface area (Å²) in [6, 6.07) is 44.9. The maximum atomic E-state index is 13.1. The molecule has 0 saturated heterocycles. The summed E-state index contributed by atoms with van der Waals surface area (Å²) >= 11 is 0. The Kier molecular flexibility index (Phi) is 10.1. The number of benzene rings is 7. The van der Waals surface area contributed by atoms with Crippen LogP contribution in [0, 0.1) is 0 Å². The molecule has 14 heteroatoms. The summed E-state index contributed by atoms with van der Waals surface area (Å²) in [6.45, 7) is 0. The van der Waals surface area contributed by atoms with Gasteiger partial charge in [0.15, 0.2) is 0 Å². The van der Waals surface area contributed by atoms with Gasteiger partial charge in [0.2, 0.25) is 0 Å². The molecule has 0 saturated carbocycles. The van der Waals surface area contributed by atoms with Gasteiger partial charge in [0, 0.05) is 67.5 Å². The average molecular weight is 817 g/mol. The predicted octanol–water partition coefficient (Wildman–Crippen LogP) is 8.95. The van der Waals surface area contributed by atoms with Crippen molar-refractivity contribution in [3.63, 3.8) is 0 Å². The average Bonchev–Trinajstić information content (AvgIpc) is 3.92. The SMILES string of the molecule is Nc1ccc(-c2nc3cc(NC(=O)c4ccc(C(=O)Nc5ccc(NC(=O)c6ccc(C(=O)Nc7ccc8[nH]c(-c9ccc(N)cc9)nc8c7)cc6)cc5)cc4)ccc3[nH]2)cc1. The molecule has 0 bridgehead atoms. The molecule has 0 spiro atoms. The minimum atomic E-state index is -0.371. The number of rotatable bonds is 10. The molecule has 14 nitrogen and oxygen atoms in total. The van der Waals surface area contributed by atoms with Gasteiger partial charge >= 0.3 is 0 Å². The molecule has 2 heterocycles. The van der Waals surface area contributed by atoms with Crippen molar-refractivity contribution in [3.8, 4) is 22.8 Å². The lowest BCUT2D eigenvalue weighted by Gasteiger charge is -2.10. The Labute approximate surface area is 353 Å². The molecule has 0 aliphatic heterocycles. The Morgan fingerprint density at radius 3 is 0.984 bits per heavy atom. The zero-order valence-electron chi connectivity index (χ0n) is 32.7. The van der Waals surface area contributed by atoms with Crippen LogP contribution in [0.25, 0.3) is 44.8 Å². The molecule has 4 amide bonds. The van der Waals surface area contributed by atoms with Gasteiger partial charge in [-0.25, -0.2) is 9.97 Å². The molecule has 0 atom stereocenters. The van der Waals surface area contributed by atoms with E-state index in [9.17, 15) is 19.2 Å². The van der Waals surface area contributed by atoms with Crippen LogP contribution in [0.4, 0.5) is 34.1 Å². The number of imidazole rings is 2. The number of carbonyl (C=O) groups is 4. The van der Waals surface area contributed by atoms with E-state index in [1.165, 1.54) is 0 Å². The Balaban J connectivity index is 0.757. The summed E-state index contributed by atoms with van der Waals surface area (Å²) in [5.74, 6) is -0.0383. The van der Waals surface area contributed by atoms with Crippen LogP contribution in [0.3, 0.4) is 0 Å². The summed E-state index contributed by atoms with van der Waals surface area (Å²) in [6.07, 6.45) is 0. The number of anilines is 6. The first-order valence-corrected chi connectivity index (χ1v) is 19.4. The van der Waals surface area contributed by atoms with Crippen LogP contribution < -0.4 is 32.7 Å². The van der Waals surface area contributed by atoms with Crippen LogP contribution >= 0.6 is 0 Å². The first kappa shape index (κ1) is 38.5. The van der Waals surface area contributed by atoms with E-state index < -0.39 is 0 Å². The zero-order valence-corrected chi connectivity index (χ0v) is 32.7. The van der Waals surface area contributed by atoms with Gasteiger partial charge in [-0.3, -0.25) is 19.2 Å². The lowest BCUT2D eigenvalue weighted by molar-refractivity contribution is 0.101. The lowest BCUT2D eigenvalue weighted by atomic mass is 10.1. The fraction of sp³-hybridized carbons (Fsp3) is 0. The van der Waals surface area contributed by atoms with Crippen molar-refractivity contribution in [3.05, 3.63) is 180 Å². The van der Waals surface area contributed by atoms with Crippen molar-refractivity contribution in [1.29, 1.82) is 0 Å². The molecule has 302 valence electrons. The maximum absolute atomic E-state index is 13.1. The van der Waals surface area contributed by atoms with E-state index in [-0.39, 0.29) is 23.6 Å². The highest BCUT2D eigenvalue weighted by Crippen LogP contribution is 2.26. The molecule has 9 aromatic rings. The molecular formula is C48H36N10O4. The number of fused-ring (bicyclic) bond motifs is 2. The topological polar surface area (TPSA) is 226 Å². The van der Waals surface area contributed by atoms with Gasteiger partial charge in [0.1, 0.15) is 11.6 Å². The standard InChI is InChI=1S/C48H36N10O4/c49-33-13-9-27(10-14-33)43-55-39-23-21-37(25-41(39)57-43)53-47(61)31-5-1-29(2-6-31)45(59)51-35-17-19-36(20-18-35)52-46(60)30-3-7-32(8-4-30)48(62)54-38-22-24-40-42(26-38)58-44(56-40)28-11-15-34(50)16-12-28/h1-26H,49-50H2,(H,51,59)(H,52,60)(H,53,61)(H,54,62)(H,55,57)(H,56,58). The Hall–Kier alpha value is -9.04. The molecule has 0 radical (unpaired) electrons. The summed E-state index contributed by atoms with van der Waals surface area (Å²) in [5.41, 5.74) is 21.4. The van der Waals surface area contributed by atoms with Crippen molar-refractivity contribution in [1.82, 2.24) is 19.9 Å². The van der Waals surface area contributed by atoms with Crippen LogP contribution in [-0.4, -0.2) is 43.6 Å². The third-order valence-corrected chi connectivity index (χ3v) is 10.1. The molecule has 7 aromatic carbocycles. The number of hydrogen-bond donors (Lipinski definition) is 8. The summed E-state index contributed by atoms with van der Waals surface area (Å²) in [7, 11) is 0. The van der Waals surface area contributed by atoms with E-state index in [1.807, 2.05) is 60.7 Å². The second kappa shape index (κ2) is 16.3. The van der Waals surface area contributed by atoms with E-state index in [2.05, 4.69) is 41.2 Å². The molecule has 0 unspecified atom stereocenters. The van der Waals surface area contributed by atoms with E-state index in [4.69, 9.17) is 11.5 Å². The first-order chi connectivity index (χ1) is 30.1.